The van der Waals surface area contributed by atoms with Gasteiger partial charge in [-0.3, -0.25) is 9.10 Å². The average Bonchev–Trinajstić information content (AvgIpc) is 2.71. The molecule has 2 aromatic rings. The number of carbonyl (C=O) groups is 1. The Bertz CT molecular complexity index is 1020. The molecule has 0 saturated carbocycles. The van der Waals surface area contributed by atoms with E-state index < -0.39 is 10.0 Å². The molecule has 32 heavy (non-hydrogen) atoms. The molecule has 0 bridgehead atoms. The van der Waals surface area contributed by atoms with Crippen LogP contribution in [0.3, 0.4) is 0 Å². The number of nitrogens with two attached hydrogens (primary N) is 1. The summed E-state index contributed by atoms with van der Waals surface area (Å²) in [6.45, 7) is 13.5. The van der Waals surface area contributed by atoms with Crippen LogP contribution in [0.15, 0.2) is 47.4 Å². The van der Waals surface area contributed by atoms with Gasteiger partial charge in [-0.25, -0.2) is 8.42 Å². The van der Waals surface area contributed by atoms with Crippen molar-refractivity contribution in [2.75, 3.05) is 24.4 Å². The lowest BCUT2D eigenvalue weighted by Gasteiger charge is -2.27. The Morgan fingerprint density at radius 2 is 1.44 bits per heavy atom. The first kappa shape index (κ1) is 25.9. The number of nitrogens with zero attached hydrogens (tertiary/aromatic N) is 1. The lowest BCUT2D eigenvalue weighted by molar-refractivity contribution is 0.0953. The van der Waals surface area contributed by atoms with Crippen LogP contribution in [0.25, 0.3) is 0 Å². The molecular formula is C25H37N3O3S. The summed E-state index contributed by atoms with van der Waals surface area (Å²) in [4.78, 5) is 12.5. The lowest BCUT2D eigenvalue weighted by Crippen LogP contribution is -2.28. The molecule has 7 heteroatoms. The zero-order valence-electron chi connectivity index (χ0n) is 20.3. The van der Waals surface area contributed by atoms with Crippen LogP contribution in [0.4, 0.5) is 5.69 Å². The number of anilines is 1. The SMILES string of the molecule is CN(c1ccc(C(=O)NCCCN)cc1)S(=O)(=O)c1cc(C(C)(C)C)cc(C(C)(C)C)c1. The van der Waals surface area contributed by atoms with Crippen molar-refractivity contribution >= 4 is 21.6 Å². The highest BCUT2D eigenvalue weighted by Gasteiger charge is 2.27. The molecule has 0 heterocycles. The Labute approximate surface area is 193 Å². The molecule has 1 amide bonds. The predicted octanol–water partition coefficient (Wildman–Crippen LogP) is 4.19. The molecule has 0 aliphatic carbocycles. The number of benzene rings is 2. The van der Waals surface area contributed by atoms with Gasteiger partial charge in [0, 0.05) is 19.2 Å². The zero-order valence-corrected chi connectivity index (χ0v) is 21.1. The minimum Gasteiger partial charge on any atom is -0.352 e. The quantitative estimate of drug-likeness (QED) is 0.608. The number of hydrogen-bond donors (Lipinski definition) is 2. The summed E-state index contributed by atoms with van der Waals surface area (Å²) in [6, 6.07) is 12.2. The van der Waals surface area contributed by atoms with Crippen LogP contribution in [-0.2, 0) is 20.9 Å². The molecule has 2 rings (SSSR count). The molecule has 0 atom stereocenters. The third-order valence-corrected chi connectivity index (χ3v) is 7.22. The molecule has 0 fully saturated rings. The summed E-state index contributed by atoms with van der Waals surface area (Å²) in [5, 5.41) is 2.79. The van der Waals surface area contributed by atoms with Crippen LogP contribution < -0.4 is 15.4 Å². The maximum atomic E-state index is 13.5. The van der Waals surface area contributed by atoms with E-state index in [9.17, 15) is 13.2 Å². The lowest BCUT2D eigenvalue weighted by atomic mass is 9.81. The van der Waals surface area contributed by atoms with Crippen LogP contribution in [0, 0.1) is 0 Å². The highest BCUT2D eigenvalue weighted by molar-refractivity contribution is 7.92. The molecular weight excluding hydrogens is 422 g/mol. The summed E-state index contributed by atoms with van der Waals surface area (Å²) < 4.78 is 28.3. The van der Waals surface area contributed by atoms with Crippen molar-refractivity contribution in [2.24, 2.45) is 5.73 Å². The second kappa shape index (κ2) is 9.63. The topological polar surface area (TPSA) is 92.5 Å². The predicted molar refractivity (Wildman–Crippen MR) is 132 cm³/mol. The largest absolute Gasteiger partial charge is 0.352 e. The van der Waals surface area contributed by atoms with Gasteiger partial charge < -0.3 is 11.1 Å². The second-order valence-corrected chi connectivity index (χ2v) is 12.1. The number of hydrogen-bond acceptors (Lipinski definition) is 4. The molecule has 0 spiro atoms. The zero-order chi connectivity index (χ0) is 24.3. The van der Waals surface area contributed by atoms with E-state index in [1.807, 2.05) is 0 Å². The molecule has 0 aliphatic rings. The van der Waals surface area contributed by atoms with E-state index >= 15 is 0 Å². The van der Waals surface area contributed by atoms with Gasteiger partial charge in [-0.1, -0.05) is 47.6 Å². The van der Waals surface area contributed by atoms with Crippen molar-refractivity contribution in [3.05, 3.63) is 59.2 Å². The molecule has 0 aromatic heterocycles. The Morgan fingerprint density at radius 1 is 0.938 bits per heavy atom. The third-order valence-electron chi connectivity index (χ3n) is 5.46. The molecule has 176 valence electrons. The van der Waals surface area contributed by atoms with E-state index in [-0.39, 0.29) is 21.6 Å². The fourth-order valence-corrected chi connectivity index (χ4v) is 4.41. The van der Waals surface area contributed by atoms with Crippen molar-refractivity contribution < 1.29 is 13.2 Å². The van der Waals surface area contributed by atoms with Crippen LogP contribution >= 0.6 is 0 Å². The summed E-state index contributed by atoms with van der Waals surface area (Å²) >= 11 is 0. The molecule has 6 nitrogen and oxygen atoms in total. The van der Waals surface area contributed by atoms with Gasteiger partial charge in [-0.2, -0.15) is 0 Å². The minimum absolute atomic E-state index is 0.191. The highest BCUT2D eigenvalue weighted by Crippen LogP contribution is 2.33. The number of rotatable bonds is 7. The maximum absolute atomic E-state index is 13.5. The van der Waals surface area contributed by atoms with Crippen molar-refractivity contribution in [3.63, 3.8) is 0 Å². The smallest absolute Gasteiger partial charge is 0.264 e. The third kappa shape index (κ3) is 6.11. The van der Waals surface area contributed by atoms with E-state index in [1.54, 1.807) is 36.4 Å². The Balaban J connectivity index is 2.40. The molecule has 0 saturated heterocycles. The van der Waals surface area contributed by atoms with Crippen LogP contribution in [0.5, 0.6) is 0 Å². The highest BCUT2D eigenvalue weighted by atomic mass is 32.2. The van der Waals surface area contributed by atoms with Crippen molar-refractivity contribution in [1.82, 2.24) is 5.32 Å². The van der Waals surface area contributed by atoms with E-state index in [0.717, 1.165) is 11.1 Å². The van der Waals surface area contributed by atoms with Crippen LogP contribution in [0.2, 0.25) is 0 Å². The van der Waals surface area contributed by atoms with Gasteiger partial charge in [0.15, 0.2) is 0 Å². The summed E-state index contributed by atoms with van der Waals surface area (Å²) in [5.41, 5.74) is 7.97. The van der Waals surface area contributed by atoms with Gasteiger partial charge in [0.2, 0.25) is 0 Å². The van der Waals surface area contributed by atoms with E-state index in [0.29, 0.717) is 30.8 Å². The van der Waals surface area contributed by atoms with E-state index in [1.165, 1.54) is 11.4 Å². The van der Waals surface area contributed by atoms with Crippen LogP contribution in [-0.4, -0.2) is 34.5 Å². The first-order chi connectivity index (χ1) is 14.7. The summed E-state index contributed by atoms with van der Waals surface area (Å²) in [6.07, 6.45) is 0.703. The van der Waals surface area contributed by atoms with Gasteiger partial charge in [-0.15, -0.1) is 0 Å². The number of amides is 1. The van der Waals surface area contributed by atoms with Gasteiger partial charge in [0.1, 0.15) is 0 Å². The van der Waals surface area contributed by atoms with E-state index in [2.05, 4.69) is 52.9 Å². The number of nitrogens with one attached hydrogen (secondary N) is 1. The van der Waals surface area contributed by atoms with Gasteiger partial charge >= 0.3 is 0 Å². The van der Waals surface area contributed by atoms with E-state index in [4.69, 9.17) is 5.73 Å². The summed E-state index contributed by atoms with van der Waals surface area (Å²) in [7, 11) is -2.26. The molecule has 0 aliphatic heterocycles. The normalized spacial score (nSPS) is 12.5. The Morgan fingerprint density at radius 3 is 1.88 bits per heavy atom. The van der Waals surface area contributed by atoms with Gasteiger partial charge in [0.05, 0.1) is 10.6 Å². The Hall–Kier alpha value is -2.38. The van der Waals surface area contributed by atoms with Crippen molar-refractivity contribution in [3.8, 4) is 0 Å². The molecule has 2 aromatic carbocycles. The molecule has 0 radical (unpaired) electrons. The fraction of sp³-hybridized carbons (Fsp3) is 0.480. The standard InChI is InChI=1S/C25H37N3O3S/c1-24(2,3)19-15-20(25(4,5)6)17-22(16-19)32(30,31)28(7)21-11-9-18(10-12-21)23(29)27-14-8-13-26/h9-12,15-17H,8,13-14,26H2,1-7H3,(H,27,29). The van der Waals surface area contributed by atoms with Crippen molar-refractivity contribution in [2.45, 2.75) is 63.7 Å². The summed E-state index contributed by atoms with van der Waals surface area (Å²) in [5.74, 6) is -0.205. The van der Waals surface area contributed by atoms with Gasteiger partial charge in [0.25, 0.3) is 15.9 Å². The maximum Gasteiger partial charge on any atom is 0.264 e. The number of sulfonamides is 1. The first-order valence-electron chi connectivity index (χ1n) is 10.9. The fourth-order valence-electron chi connectivity index (χ4n) is 3.14. The molecule has 3 N–H and O–H groups in total. The Kier molecular flexibility index (Phi) is 7.79. The first-order valence-corrected chi connectivity index (χ1v) is 12.4. The van der Waals surface area contributed by atoms with Crippen LogP contribution in [0.1, 0.15) is 69.4 Å². The monoisotopic (exact) mass is 459 g/mol. The average molecular weight is 460 g/mol. The minimum atomic E-state index is -3.79. The van der Waals surface area contributed by atoms with Gasteiger partial charge in [-0.05, 0) is 71.3 Å². The second-order valence-electron chi connectivity index (χ2n) is 10.2. The molecule has 0 unspecified atom stereocenters. The van der Waals surface area contributed by atoms with Crippen molar-refractivity contribution in [1.29, 1.82) is 0 Å². The number of carbonyl (C=O) groups excluding carboxylic acids is 1.